The van der Waals surface area contributed by atoms with Gasteiger partial charge in [0, 0.05) is 25.9 Å². The van der Waals surface area contributed by atoms with Gasteiger partial charge in [-0.15, -0.1) is 0 Å². The van der Waals surface area contributed by atoms with Crippen LogP contribution in [0.5, 0.6) is 0 Å². The van der Waals surface area contributed by atoms with Gasteiger partial charge >= 0.3 is 0 Å². The highest BCUT2D eigenvalue weighted by molar-refractivity contribution is 5.30. The number of benzene rings is 1. The average molecular weight is 273 g/mol. The van der Waals surface area contributed by atoms with Crippen molar-refractivity contribution in [2.24, 2.45) is 0 Å². The summed E-state index contributed by atoms with van der Waals surface area (Å²) in [5.74, 6) is 0.919. The molecule has 1 N–H and O–H groups in total. The molecule has 0 saturated carbocycles. The highest BCUT2D eigenvalue weighted by atomic mass is 16.5. The first kappa shape index (κ1) is 14.6. The van der Waals surface area contributed by atoms with E-state index in [9.17, 15) is 0 Å². The third kappa shape index (κ3) is 3.84. The van der Waals surface area contributed by atoms with Crippen LogP contribution in [0.15, 0.2) is 36.5 Å². The summed E-state index contributed by atoms with van der Waals surface area (Å²) in [4.78, 5) is 4.54. The van der Waals surface area contributed by atoms with Crippen molar-refractivity contribution in [1.82, 2.24) is 9.55 Å². The Hall–Kier alpha value is -1.81. The van der Waals surface area contributed by atoms with Crippen molar-refractivity contribution in [1.29, 1.82) is 0 Å². The average Bonchev–Trinajstić information content (AvgIpc) is 2.81. The lowest BCUT2D eigenvalue weighted by atomic mass is 10.1. The molecule has 4 nitrogen and oxygen atoms in total. The highest BCUT2D eigenvalue weighted by Gasteiger charge is 2.12. The van der Waals surface area contributed by atoms with Gasteiger partial charge in [-0.05, 0) is 25.8 Å². The number of aryl methyl sites for hydroxylation is 1. The first-order valence-electron chi connectivity index (χ1n) is 7.03. The molecule has 1 atom stereocenters. The van der Waals surface area contributed by atoms with Gasteiger partial charge in [0.1, 0.15) is 0 Å². The second-order valence-electron chi connectivity index (χ2n) is 5.07. The Bertz CT molecular complexity index is 522. The first-order valence-corrected chi connectivity index (χ1v) is 7.03. The summed E-state index contributed by atoms with van der Waals surface area (Å²) in [6, 6.07) is 10.9. The fourth-order valence-electron chi connectivity index (χ4n) is 2.30. The van der Waals surface area contributed by atoms with Gasteiger partial charge in [-0.1, -0.05) is 30.3 Å². The number of nitrogens with one attached hydrogen (secondary N) is 1. The number of nitrogens with zero attached hydrogens (tertiary/aromatic N) is 2. The summed E-state index contributed by atoms with van der Waals surface area (Å²) >= 11 is 0. The lowest BCUT2D eigenvalue weighted by Crippen LogP contribution is -2.15. The van der Waals surface area contributed by atoms with Gasteiger partial charge in [0.2, 0.25) is 5.95 Å². The third-order valence-corrected chi connectivity index (χ3v) is 3.29. The molecule has 0 bridgehead atoms. The molecular weight excluding hydrogens is 250 g/mol. The van der Waals surface area contributed by atoms with E-state index in [4.69, 9.17) is 4.74 Å². The minimum absolute atomic E-state index is 0.364. The minimum atomic E-state index is 0.364. The van der Waals surface area contributed by atoms with E-state index in [0.29, 0.717) is 12.6 Å². The van der Waals surface area contributed by atoms with Crippen LogP contribution in [0.1, 0.15) is 24.2 Å². The van der Waals surface area contributed by atoms with Crippen molar-refractivity contribution in [2.45, 2.75) is 26.3 Å². The molecule has 20 heavy (non-hydrogen) atoms. The van der Waals surface area contributed by atoms with Crippen LogP contribution < -0.4 is 5.32 Å². The van der Waals surface area contributed by atoms with E-state index >= 15 is 0 Å². The molecule has 108 valence electrons. The summed E-state index contributed by atoms with van der Waals surface area (Å²) in [6.45, 7) is 5.69. The van der Waals surface area contributed by atoms with Crippen LogP contribution >= 0.6 is 0 Å². The summed E-state index contributed by atoms with van der Waals surface area (Å²) in [6.07, 6.45) is 3.10. The number of hydrogen-bond acceptors (Lipinski definition) is 3. The molecule has 1 aromatic heterocycles. The number of ether oxygens (including phenoxy) is 1. The summed E-state index contributed by atoms with van der Waals surface area (Å²) < 4.78 is 7.27. The molecule has 2 aromatic rings. The normalized spacial score (nSPS) is 12.3. The number of rotatable bonds is 7. The number of aromatic nitrogens is 2. The Morgan fingerprint density at radius 3 is 2.75 bits per heavy atom. The van der Waals surface area contributed by atoms with Crippen molar-refractivity contribution in [2.75, 3.05) is 25.6 Å². The smallest absolute Gasteiger partial charge is 0.203 e. The molecule has 0 aliphatic heterocycles. The third-order valence-electron chi connectivity index (χ3n) is 3.29. The molecule has 0 saturated heterocycles. The Morgan fingerprint density at radius 2 is 2.05 bits per heavy atom. The summed E-state index contributed by atoms with van der Waals surface area (Å²) in [5.41, 5.74) is 2.37. The van der Waals surface area contributed by atoms with Crippen molar-refractivity contribution in [3.8, 4) is 0 Å². The standard InChI is InChI=1S/C16H23N3O/c1-13-12-19(16(18-13)17-9-10-20-3)14(2)11-15-7-5-4-6-8-15/h4-8,12,14H,9-11H2,1-3H3,(H,17,18). The molecule has 0 aliphatic rings. The molecule has 1 heterocycles. The van der Waals surface area contributed by atoms with Crippen LogP contribution in [-0.4, -0.2) is 29.8 Å². The quantitative estimate of drug-likeness (QED) is 0.788. The Morgan fingerprint density at radius 1 is 1.30 bits per heavy atom. The van der Waals surface area contributed by atoms with E-state index in [-0.39, 0.29) is 0 Å². The number of methoxy groups -OCH3 is 1. The monoisotopic (exact) mass is 273 g/mol. The topological polar surface area (TPSA) is 39.1 Å². The second-order valence-corrected chi connectivity index (χ2v) is 5.07. The summed E-state index contributed by atoms with van der Waals surface area (Å²) in [5, 5.41) is 3.33. The van der Waals surface area contributed by atoms with Gasteiger partial charge in [0.25, 0.3) is 0 Å². The predicted octanol–water partition coefficient (Wildman–Crippen LogP) is 3.05. The van der Waals surface area contributed by atoms with Crippen molar-refractivity contribution in [3.63, 3.8) is 0 Å². The van der Waals surface area contributed by atoms with Gasteiger partial charge in [-0.3, -0.25) is 0 Å². The van der Waals surface area contributed by atoms with Crippen LogP contribution in [-0.2, 0) is 11.2 Å². The lowest BCUT2D eigenvalue weighted by Gasteiger charge is -2.17. The molecular formula is C16H23N3O. The fraction of sp³-hybridized carbons (Fsp3) is 0.438. The molecule has 0 amide bonds. The SMILES string of the molecule is COCCNc1nc(C)cn1C(C)Cc1ccccc1. The largest absolute Gasteiger partial charge is 0.383 e. The van der Waals surface area contributed by atoms with Crippen LogP contribution in [0.25, 0.3) is 0 Å². The zero-order valence-electron chi connectivity index (χ0n) is 12.5. The van der Waals surface area contributed by atoms with Crippen LogP contribution in [0.2, 0.25) is 0 Å². The van der Waals surface area contributed by atoms with Gasteiger partial charge in [-0.25, -0.2) is 4.98 Å². The maximum Gasteiger partial charge on any atom is 0.203 e. The van der Waals surface area contributed by atoms with Crippen LogP contribution in [0.4, 0.5) is 5.95 Å². The Balaban J connectivity index is 2.06. The van der Waals surface area contributed by atoms with Crippen LogP contribution in [0.3, 0.4) is 0 Å². The van der Waals surface area contributed by atoms with E-state index in [1.807, 2.05) is 13.0 Å². The molecule has 4 heteroatoms. The predicted molar refractivity (Wildman–Crippen MR) is 82.2 cm³/mol. The number of anilines is 1. The summed E-state index contributed by atoms with van der Waals surface area (Å²) in [7, 11) is 1.71. The van der Waals surface area contributed by atoms with E-state index in [1.54, 1.807) is 7.11 Å². The van der Waals surface area contributed by atoms with Gasteiger partial charge < -0.3 is 14.6 Å². The molecule has 1 unspecified atom stereocenters. The molecule has 0 fully saturated rings. The minimum Gasteiger partial charge on any atom is -0.383 e. The van der Waals surface area contributed by atoms with E-state index in [0.717, 1.165) is 24.6 Å². The van der Waals surface area contributed by atoms with Crippen molar-refractivity contribution >= 4 is 5.95 Å². The first-order chi connectivity index (χ1) is 9.70. The van der Waals surface area contributed by atoms with Gasteiger partial charge in [-0.2, -0.15) is 0 Å². The highest BCUT2D eigenvalue weighted by Crippen LogP contribution is 2.19. The molecule has 0 aliphatic carbocycles. The van der Waals surface area contributed by atoms with E-state index in [1.165, 1.54) is 5.56 Å². The van der Waals surface area contributed by atoms with Crippen molar-refractivity contribution < 1.29 is 4.74 Å². The zero-order chi connectivity index (χ0) is 14.4. The van der Waals surface area contributed by atoms with Crippen LogP contribution in [0, 0.1) is 6.92 Å². The maximum absolute atomic E-state index is 5.07. The van der Waals surface area contributed by atoms with Gasteiger partial charge in [0.05, 0.1) is 12.3 Å². The van der Waals surface area contributed by atoms with Crippen molar-refractivity contribution in [3.05, 3.63) is 47.8 Å². The molecule has 0 radical (unpaired) electrons. The second kappa shape index (κ2) is 7.10. The lowest BCUT2D eigenvalue weighted by molar-refractivity contribution is 0.210. The maximum atomic E-state index is 5.07. The Labute approximate surface area is 120 Å². The molecule has 1 aromatic carbocycles. The van der Waals surface area contributed by atoms with Gasteiger partial charge in [0.15, 0.2) is 0 Å². The fourth-order valence-corrected chi connectivity index (χ4v) is 2.30. The van der Waals surface area contributed by atoms with E-state index in [2.05, 4.69) is 52.3 Å². The number of hydrogen-bond donors (Lipinski definition) is 1. The van der Waals surface area contributed by atoms with E-state index < -0.39 is 0 Å². The molecule has 0 spiro atoms. The zero-order valence-corrected chi connectivity index (χ0v) is 12.5. The number of imidazole rings is 1. The Kier molecular flexibility index (Phi) is 5.18. The molecule has 2 rings (SSSR count).